The first-order chi connectivity index (χ1) is 34.8. The molecule has 3 heterocycles. The van der Waals surface area contributed by atoms with E-state index < -0.39 is 8.07 Å². The molecular weight excluding hydrogens is 863 g/mol. The Bertz CT molecular complexity index is 4130. The molecular formula is C66H45N3Si. The van der Waals surface area contributed by atoms with E-state index in [1.54, 1.807) is 0 Å². The van der Waals surface area contributed by atoms with Gasteiger partial charge in [0.25, 0.3) is 0 Å². The minimum absolute atomic E-state index is 1.11. The summed E-state index contributed by atoms with van der Waals surface area (Å²) in [6, 6.07) is 101. The van der Waals surface area contributed by atoms with Crippen LogP contribution in [0.3, 0.4) is 0 Å². The van der Waals surface area contributed by atoms with Crippen molar-refractivity contribution in [3.8, 4) is 28.2 Å². The Balaban J connectivity index is 1.04. The predicted molar refractivity (Wildman–Crippen MR) is 299 cm³/mol. The van der Waals surface area contributed by atoms with Crippen molar-refractivity contribution in [3.63, 3.8) is 0 Å². The molecule has 0 spiro atoms. The first-order valence-electron chi connectivity index (χ1n) is 24.2. The third kappa shape index (κ3) is 6.00. The van der Waals surface area contributed by atoms with Crippen LogP contribution in [0.25, 0.3) is 93.6 Å². The third-order valence-corrected chi connectivity index (χ3v) is 19.5. The number of aromatic nitrogens is 3. The highest BCUT2D eigenvalue weighted by atomic mass is 28.3. The molecule has 3 nitrogen and oxygen atoms in total. The summed E-state index contributed by atoms with van der Waals surface area (Å²) in [4.78, 5) is 0. The van der Waals surface area contributed by atoms with Crippen LogP contribution >= 0.6 is 0 Å². The molecule has 0 saturated carbocycles. The first kappa shape index (κ1) is 40.1. The Labute approximate surface area is 407 Å². The van der Waals surface area contributed by atoms with Crippen molar-refractivity contribution in [1.82, 2.24) is 13.7 Å². The lowest BCUT2D eigenvalue weighted by Crippen LogP contribution is -2.74. The summed E-state index contributed by atoms with van der Waals surface area (Å²) >= 11 is 0. The molecule has 0 radical (unpaired) electrons. The van der Waals surface area contributed by atoms with Crippen molar-refractivity contribution in [1.29, 1.82) is 0 Å². The zero-order chi connectivity index (χ0) is 46.2. The van der Waals surface area contributed by atoms with E-state index in [4.69, 9.17) is 0 Å². The second kappa shape index (κ2) is 16.1. The van der Waals surface area contributed by atoms with Gasteiger partial charge >= 0.3 is 0 Å². The van der Waals surface area contributed by atoms with Gasteiger partial charge in [0.2, 0.25) is 0 Å². The normalized spacial score (nSPS) is 12.0. The lowest BCUT2D eigenvalue weighted by Gasteiger charge is -2.34. The number of benzene rings is 11. The zero-order valence-electron chi connectivity index (χ0n) is 38.3. The standard InChI is InChI=1S/C66H45N3Si/c1-5-22-46(23-6-1)47-42-48(67-59-34-17-13-30-54(59)55-31-14-18-35-60(55)67)44-49(43-47)68-62-37-20-16-33-57(62)66-64(68)38-21-39-65(66)69-61-36-19-15-32-56(61)58-45-53(40-41-63(58)69)70(50-24-7-2-8-25-50,51-26-9-3-10-27-51)52-28-11-4-12-29-52/h1-45H. The van der Waals surface area contributed by atoms with Gasteiger partial charge in [0.1, 0.15) is 0 Å². The van der Waals surface area contributed by atoms with Gasteiger partial charge in [-0.25, -0.2) is 0 Å². The Kier molecular flexibility index (Phi) is 9.23. The molecule has 0 amide bonds. The highest BCUT2D eigenvalue weighted by Crippen LogP contribution is 2.42. The first-order valence-corrected chi connectivity index (χ1v) is 26.2. The Morgan fingerprint density at radius 2 is 0.629 bits per heavy atom. The lowest BCUT2D eigenvalue weighted by atomic mass is 10.0. The summed E-state index contributed by atoms with van der Waals surface area (Å²) < 4.78 is 7.45. The molecule has 0 aliphatic heterocycles. The van der Waals surface area contributed by atoms with E-state index in [1.807, 2.05) is 0 Å². The number of hydrogen-bond acceptors (Lipinski definition) is 0. The number of para-hydroxylation sites is 4. The molecule has 0 atom stereocenters. The molecule has 70 heavy (non-hydrogen) atoms. The molecule has 14 rings (SSSR count). The van der Waals surface area contributed by atoms with Gasteiger partial charge in [0.05, 0.1) is 38.8 Å². The minimum atomic E-state index is -2.79. The molecule has 11 aromatic carbocycles. The fourth-order valence-electron chi connectivity index (χ4n) is 11.8. The Hall–Kier alpha value is -8.96. The summed E-state index contributed by atoms with van der Waals surface area (Å²) in [7, 11) is -2.79. The van der Waals surface area contributed by atoms with Crippen molar-refractivity contribution in [2.75, 3.05) is 0 Å². The highest BCUT2D eigenvalue weighted by Gasteiger charge is 2.41. The maximum absolute atomic E-state index is 2.79. The largest absolute Gasteiger partial charge is 0.309 e. The second-order valence-corrected chi connectivity index (χ2v) is 22.2. The number of hydrogen-bond donors (Lipinski definition) is 0. The predicted octanol–water partition coefficient (Wildman–Crippen LogP) is 14.0. The summed E-state index contributed by atoms with van der Waals surface area (Å²) in [5.74, 6) is 0. The molecule has 0 N–H and O–H groups in total. The van der Waals surface area contributed by atoms with Gasteiger partial charge in [-0.3, -0.25) is 0 Å². The molecule has 3 aromatic heterocycles. The fourth-order valence-corrected chi connectivity index (χ4v) is 16.6. The highest BCUT2D eigenvalue weighted by molar-refractivity contribution is 7.20. The quantitative estimate of drug-likeness (QED) is 0.107. The van der Waals surface area contributed by atoms with Gasteiger partial charge in [-0.2, -0.15) is 0 Å². The van der Waals surface area contributed by atoms with Crippen molar-refractivity contribution in [3.05, 3.63) is 273 Å². The lowest BCUT2D eigenvalue weighted by molar-refractivity contribution is 1.13. The van der Waals surface area contributed by atoms with Crippen LogP contribution < -0.4 is 20.7 Å². The summed E-state index contributed by atoms with van der Waals surface area (Å²) in [6.45, 7) is 0. The molecule has 0 fully saturated rings. The Morgan fingerprint density at radius 1 is 0.229 bits per heavy atom. The number of nitrogens with zero attached hydrogens (tertiary/aromatic N) is 3. The SMILES string of the molecule is c1ccc(-c2cc(-n3c4ccccc4c4ccccc43)cc(-n3c4ccccc4c4c(-n5c6ccccc6c6cc([Si](c7ccccc7)(c7ccccc7)c7ccccc7)ccc65)cccc43)c2)cc1. The minimum Gasteiger partial charge on any atom is -0.309 e. The van der Waals surface area contributed by atoms with E-state index in [1.165, 1.54) is 80.7 Å². The van der Waals surface area contributed by atoms with Gasteiger partial charge in [0.15, 0.2) is 8.07 Å². The van der Waals surface area contributed by atoms with Crippen LogP contribution in [0.4, 0.5) is 0 Å². The van der Waals surface area contributed by atoms with Crippen molar-refractivity contribution >= 4 is 94.2 Å². The molecule has 0 bridgehead atoms. The monoisotopic (exact) mass is 907 g/mol. The van der Waals surface area contributed by atoms with Gasteiger partial charge in [0, 0.05) is 43.7 Å². The van der Waals surface area contributed by atoms with Crippen LogP contribution in [0.15, 0.2) is 273 Å². The van der Waals surface area contributed by atoms with Gasteiger partial charge in [-0.05, 0) is 92.5 Å². The van der Waals surface area contributed by atoms with Crippen molar-refractivity contribution in [2.45, 2.75) is 0 Å². The summed E-state index contributed by atoms with van der Waals surface area (Å²) in [6.07, 6.45) is 0. The fraction of sp³-hybridized carbons (Fsp3) is 0. The zero-order valence-corrected chi connectivity index (χ0v) is 39.3. The summed E-state index contributed by atoms with van der Waals surface area (Å²) in [5, 5.41) is 12.9. The number of rotatable bonds is 8. The average Bonchev–Trinajstić information content (AvgIpc) is 4.08. The molecule has 14 aromatic rings. The van der Waals surface area contributed by atoms with Crippen LogP contribution in [0, 0.1) is 0 Å². The molecule has 0 unspecified atom stereocenters. The van der Waals surface area contributed by atoms with E-state index in [-0.39, 0.29) is 0 Å². The smallest absolute Gasteiger partial charge is 0.179 e. The number of fused-ring (bicyclic) bond motifs is 9. The molecule has 0 saturated heterocycles. The van der Waals surface area contributed by atoms with Crippen LogP contribution in [0.1, 0.15) is 0 Å². The van der Waals surface area contributed by atoms with Gasteiger partial charge < -0.3 is 13.7 Å². The summed E-state index contributed by atoms with van der Waals surface area (Å²) in [5.41, 5.74) is 12.8. The average molecular weight is 908 g/mol. The maximum atomic E-state index is 2.53. The van der Waals surface area contributed by atoms with E-state index in [0.717, 1.165) is 33.7 Å². The van der Waals surface area contributed by atoms with Crippen molar-refractivity contribution in [2.24, 2.45) is 0 Å². The van der Waals surface area contributed by atoms with E-state index in [2.05, 4.69) is 287 Å². The molecule has 0 aliphatic rings. The molecule has 4 heteroatoms. The van der Waals surface area contributed by atoms with Crippen LogP contribution in [-0.2, 0) is 0 Å². The van der Waals surface area contributed by atoms with Crippen LogP contribution in [0.5, 0.6) is 0 Å². The Morgan fingerprint density at radius 3 is 1.17 bits per heavy atom. The van der Waals surface area contributed by atoms with Gasteiger partial charge in [-0.1, -0.05) is 212 Å². The van der Waals surface area contributed by atoms with E-state index >= 15 is 0 Å². The van der Waals surface area contributed by atoms with Crippen LogP contribution in [0.2, 0.25) is 0 Å². The molecule has 0 aliphatic carbocycles. The van der Waals surface area contributed by atoms with Crippen LogP contribution in [-0.4, -0.2) is 21.8 Å². The topological polar surface area (TPSA) is 14.8 Å². The maximum Gasteiger partial charge on any atom is 0.179 e. The third-order valence-electron chi connectivity index (χ3n) is 14.7. The van der Waals surface area contributed by atoms with E-state index in [0.29, 0.717) is 0 Å². The molecule has 328 valence electrons. The second-order valence-electron chi connectivity index (χ2n) is 18.4. The van der Waals surface area contributed by atoms with Crippen molar-refractivity contribution < 1.29 is 0 Å². The van der Waals surface area contributed by atoms with E-state index in [9.17, 15) is 0 Å². The van der Waals surface area contributed by atoms with Gasteiger partial charge in [-0.15, -0.1) is 0 Å².